The Morgan fingerprint density at radius 1 is 1.06 bits per heavy atom. The number of methoxy groups -OCH3 is 1. The summed E-state index contributed by atoms with van der Waals surface area (Å²) in [4.78, 5) is 10.8. The van der Waals surface area contributed by atoms with Gasteiger partial charge in [-0.2, -0.15) is 4.52 Å². The number of aryl methyl sites for hydroxylation is 1. The van der Waals surface area contributed by atoms with Gasteiger partial charge in [-0.1, -0.05) is 35.6 Å². The molecule has 4 aromatic rings. The van der Waals surface area contributed by atoms with Crippen molar-refractivity contribution >= 4 is 22.0 Å². The highest BCUT2D eigenvalue weighted by atomic mass is 32.1. The van der Waals surface area contributed by atoms with Gasteiger partial charge in [-0.25, -0.2) is 4.98 Å². The summed E-state index contributed by atoms with van der Waals surface area (Å²) in [6, 6.07) is 16.4. The van der Waals surface area contributed by atoms with Crippen LogP contribution in [0.15, 0.2) is 48.5 Å². The first-order chi connectivity index (χ1) is 16.6. The number of hydrogen-bond donors (Lipinski definition) is 1. The molecule has 0 unspecified atom stereocenters. The molecule has 8 nitrogen and oxygen atoms in total. The van der Waals surface area contributed by atoms with Crippen LogP contribution in [-0.4, -0.2) is 64.5 Å². The van der Waals surface area contributed by atoms with Gasteiger partial charge in [0.15, 0.2) is 11.5 Å². The second kappa shape index (κ2) is 9.52. The number of hydrogen-bond acceptors (Lipinski definition) is 8. The maximum absolute atomic E-state index is 11.1. The molecule has 1 aliphatic heterocycles. The fourth-order valence-electron chi connectivity index (χ4n) is 4.56. The molecule has 1 atom stereocenters. The molecule has 2 aromatic carbocycles. The van der Waals surface area contributed by atoms with Gasteiger partial charge in [0.1, 0.15) is 5.82 Å². The predicted octanol–water partition coefficient (Wildman–Crippen LogP) is 4.12. The zero-order valence-electron chi connectivity index (χ0n) is 19.6. The van der Waals surface area contributed by atoms with Gasteiger partial charge >= 0.3 is 0 Å². The third-order valence-corrected chi connectivity index (χ3v) is 7.23. The summed E-state index contributed by atoms with van der Waals surface area (Å²) in [5.74, 6) is 2.18. The number of thiazole rings is 1. The second-order valence-corrected chi connectivity index (χ2v) is 9.26. The van der Waals surface area contributed by atoms with E-state index < -0.39 is 0 Å². The van der Waals surface area contributed by atoms with Crippen LogP contribution in [0, 0.1) is 6.92 Å². The van der Waals surface area contributed by atoms with E-state index >= 15 is 0 Å². The van der Waals surface area contributed by atoms with Crippen molar-refractivity contribution in [3.8, 4) is 17.4 Å². The molecule has 0 aliphatic carbocycles. The van der Waals surface area contributed by atoms with Gasteiger partial charge in [0, 0.05) is 31.9 Å². The fourth-order valence-corrected chi connectivity index (χ4v) is 5.72. The maximum Gasteiger partial charge on any atom is 0.230 e. The van der Waals surface area contributed by atoms with Gasteiger partial charge in [0.05, 0.1) is 24.6 Å². The monoisotopic (exact) mass is 479 g/mol. The minimum atomic E-state index is -0.156. The second-order valence-electron chi connectivity index (χ2n) is 8.25. The molecule has 0 spiro atoms. The van der Waals surface area contributed by atoms with Crippen LogP contribution in [0.2, 0.25) is 0 Å². The van der Waals surface area contributed by atoms with Crippen molar-refractivity contribution in [3.05, 3.63) is 64.8 Å². The summed E-state index contributed by atoms with van der Waals surface area (Å²) in [5, 5.41) is 15.5. The standard InChI is InChI=1S/C25H29N5O3S/c1-4-33-20-11-10-18(16-21(20)32-3)22(23-24(31)30-25(34-23)26-17(2)27-30)29-14-12-28(13-15-29)19-8-6-5-7-9-19/h5-11,16,22,31H,4,12-15H2,1-3H3/t22-/m1/s1. The Hall–Kier alpha value is -3.30. The van der Waals surface area contributed by atoms with Crippen LogP contribution in [0.3, 0.4) is 0 Å². The van der Waals surface area contributed by atoms with Crippen LogP contribution >= 0.6 is 11.3 Å². The zero-order chi connectivity index (χ0) is 23.7. The molecule has 0 amide bonds. The summed E-state index contributed by atoms with van der Waals surface area (Å²) in [7, 11) is 1.65. The van der Waals surface area contributed by atoms with Crippen LogP contribution in [0.25, 0.3) is 4.96 Å². The number of benzene rings is 2. The molecule has 1 N–H and O–H groups in total. The first-order valence-electron chi connectivity index (χ1n) is 11.5. The molecule has 0 saturated carbocycles. The number of para-hydroxylation sites is 1. The Balaban J connectivity index is 1.51. The van der Waals surface area contributed by atoms with Gasteiger partial charge < -0.3 is 19.5 Å². The van der Waals surface area contributed by atoms with Crippen LogP contribution < -0.4 is 14.4 Å². The topological polar surface area (TPSA) is 75.4 Å². The minimum Gasteiger partial charge on any atom is -0.493 e. The highest BCUT2D eigenvalue weighted by Gasteiger charge is 2.32. The number of ether oxygens (including phenoxy) is 2. The van der Waals surface area contributed by atoms with Crippen LogP contribution in [0.4, 0.5) is 5.69 Å². The Labute approximate surface area is 203 Å². The molecule has 9 heteroatoms. The Morgan fingerprint density at radius 3 is 2.50 bits per heavy atom. The first-order valence-corrected chi connectivity index (χ1v) is 12.3. The van der Waals surface area contributed by atoms with E-state index in [1.165, 1.54) is 21.5 Å². The number of nitrogens with zero attached hydrogens (tertiary/aromatic N) is 5. The van der Waals surface area contributed by atoms with Crippen LogP contribution in [0.1, 0.15) is 29.2 Å². The Morgan fingerprint density at radius 2 is 1.82 bits per heavy atom. The Kier molecular flexibility index (Phi) is 6.30. The van der Waals surface area contributed by atoms with Crippen molar-refractivity contribution in [2.24, 2.45) is 0 Å². The molecular weight excluding hydrogens is 450 g/mol. The number of anilines is 1. The lowest BCUT2D eigenvalue weighted by Crippen LogP contribution is -2.47. The third kappa shape index (κ3) is 4.17. The van der Waals surface area contributed by atoms with E-state index in [2.05, 4.69) is 50.2 Å². The van der Waals surface area contributed by atoms with Gasteiger partial charge in [0.2, 0.25) is 10.8 Å². The molecular formula is C25H29N5O3S. The van der Waals surface area contributed by atoms with Crippen molar-refractivity contribution in [3.63, 3.8) is 0 Å². The molecule has 0 radical (unpaired) electrons. The van der Waals surface area contributed by atoms with E-state index in [1.807, 2.05) is 32.0 Å². The summed E-state index contributed by atoms with van der Waals surface area (Å²) in [5.41, 5.74) is 2.27. The van der Waals surface area contributed by atoms with Crippen LogP contribution in [0.5, 0.6) is 17.4 Å². The minimum absolute atomic E-state index is 0.143. The highest BCUT2D eigenvalue weighted by molar-refractivity contribution is 7.17. The molecule has 0 bridgehead atoms. The van der Waals surface area contributed by atoms with E-state index in [1.54, 1.807) is 7.11 Å². The summed E-state index contributed by atoms with van der Waals surface area (Å²) >= 11 is 1.48. The van der Waals surface area contributed by atoms with E-state index in [9.17, 15) is 5.11 Å². The number of aromatic nitrogens is 3. The molecule has 178 valence electrons. The van der Waals surface area contributed by atoms with Gasteiger partial charge in [0.25, 0.3) is 0 Å². The number of aromatic hydroxyl groups is 1. The van der Waals surface area contributed by atoms with Crippen molar-refractivity contribution in [2.45, 2.75) is 19.9 Å². The smallest absolute Gasteiger partial charge is 0.230 e. The largest absolute Gasteiger partial charge is 0.493 e. The van der Waals surface area contributed by atoms with E-state index in [0.29, 0.717) is 28.9 Å². The lowest BCUT2D eigenvalue weighted by Gasteiger charge is -2.40. The number of piperazine rings is 1. The van der Waals surface area contributed by atoms with E-state index in [-0.39, 0.29) is 11.9 Å². The summed E-state index contributed by atoms with van der Waals surface area (Å²) in [6.07, 6.45) is 0. The van der Waals surface area contributed by atoms with Crippen molar-refractivity contribution in [1.29, 1.82) is 0 Å². The molecule has 1 saturated heterocycles. The van der Waals surface area contributed by atoms with Gasteiger partial charge in [-0.3, -0.25) is 4.90 Å². The third-order valence-electron chi connectivity index (χ3n) is 6.16. The Bertz CT molecular complexity index is 1260. The predicted molar refractivity (Wildman–Crippen MR) is 133 cm³/mol. The molecule has 2 aromatic heterocycles. The molecule has 5 rings (SSSR count). The van der Waals surface area contributed by atoms with Crippen molar-refractivity contribution in [2.75, 3.05) is 44.8 Å². The zero-order valence-corrected chi connectivity index (χ0v) is 20.5. The SMILES string of the molecule is CCOc1ccc([C@H](c2sc3nc(C)nn3c2O)N2CCN(c3ccccc3)CC2)cc1OC. The maximum atomic E-state index is 11.1. The summed E-state index contributed by atoms with van der Waals surface area (Å²) < 4.78 is 12.9. The van der Waals surface area contributed by atoms with Gasteiger partial charge in [-0.15, -0.1) is 5.10 Å². The molecule has 34 heavy (non-hydrogen) atoms. The van der Waals surface area contributed by atoms with Gasteiger partial charge in [-0.05, 0) is 43.7 Å². The van der Waals surface area contributed by atoms with Crippen molar-refractivity contribution < 1.29 is 14.6 Å². The average Bonchev–Trinajstić information content (AvgIpc) is 3.38. The van der Waals surface area contributed by atoms with Crippen molar-refractivity contribution in [1.82, 2.24) is 19.5 Å². The quantitative estimate of drug-likeness (QED) is 0.427. The fraction of sp³-hybridized carbons (Fsp3) is 0.360. The lowest BCUT2D eigenvalue weighted by atomic mass is 10.0. The number of rotatable bonds is 7. The van der Waals surface area contributed by atoms with Crippen LogP contribution in [-0.2, 0) is 0 Å². The normalized spacial score (nSPS) is 15.6. The lowest BCUT2D eigenvalue weighted by molar-refractivity contribution is 0.210. The molecule has 1 fully saturated rings. The molecule has 1 aliphatic rings. The average molecular weight is 480 g/mol. The highest BCUT2D eigenvalue weighted by Crippen LogP contribution is 2.42. The summed E-state index contributed by atoms with van der Waals surface area (Å²) in [6.45, 7) is 7.84. The first kappa shape index (κ1) is 22.5. The van der Waals surface area contributed by atoms with E-state index in [4.69, 9.17) is 9.47 Å². The number of fused-ring (bicyclic) bond motifs is 1. The molecule has 3 heterocycles. The van der Waals surface area contributed by atoms with E-state index in [0.717, 1.165) is 36.6 Å².